The predicted molar refractivity (Wildman–Crippen MR) is 82.5 cm³/mol. The number of rotatable bonds is 4. The Kier molecular flexibility index (Phi) is 4.23. The van der Waals surface area contributed by atoms with E-state index >= 15 is 0 Å². The minimum absolute atomic E-state index is 0.0292. The second kappa shape index (κ2) is 5.72. The Hall–Kier alpha value is -1.38. The van der Waals surface area contributed by atoms with Crippen molar-refractivity contribution in [3.8, 4) is 6.07 Å². The average molecular weight is 336 g/mol. The number of halogens is 1. The number of hydrogen-bond donors (Lipinski definition) is 1. The molecule has 0 amide bonds. The van der Waals surface area contributed by atoms with Crippen LogP contribution in [0.3, 0.4) is 0 Å². The molecule has 0 fully saturated rings. The van der Waals surface area contributed by atoms with E-state index in [1.54, 1.807) is 6.20 Å². The molecule has 1 aromatic carbocycles. The van der Waals surface area contributed by atoms with Gasteiger partial charge in [-0.15, -0.1) is 0 Å². The van der Waals surface area contributed by atoms with E-state index in [9.17, 15) is 0 Å². The molecule has 1 aromatic heterocycles. The summed E-state index contributed by atoms with van der Waals surface area (Å²) in [5, 5.41) is 12.9. The number of nitrogens with one attached hydrogen (secondary N) is 1. The molecule has 3 nitrogen and oxygen atoms in total. The summed E-state index contributed by atoms with van der Waals surface area (Å²) in [6.07, 6.45) is 1.60. The Morgan fingerprint density at radius 3 is 2.79 bits per heavy atom. The SMILES string of the molecule is CC(C)(CNc1ncc(C#N)s1)c1ccccc1Br. The Balaban J connectivity index is 2.10. The minimum Gasteiger partial charge on any atom is -0.361 e. The second-order valence-electron chi connectivity index (χ2n) is 4.86. The normalized spacial score (nSPS) is 11.1. The lowest BCUT2D eigenvalue weighted by atomic mass is 9.85. The van der Waals surface area contributed by atoms with E-state index in [0.29, 0.717) is 4.88 Å². The Bertz CT molecular complexity index is 613. The standard InChI is InChI=1S/C14H14BrN3S/c1-14(2,11-5-3-4-6-12(11)15)9-18-13-17-8-10(7-16)19-13/h3-6,8H,9H2,1-2H3,(H,17,18). The highest BCUT2D eigenvalue weighted by Crippen LogP contribution is 2.30. The molecule has 0 spiro atoms. The van der Waals surface area contributed by atoms with Gasteiger partial charge >= 0.3 is 0 Å². The molecule has 0 bridgehead atoms. The fourth-order valence-electron chi connectivity index (χ4n) is 1.81. The van der Waals surface area contributed by atoms with Crippen LogP contribution < -0.4 is 5.32 Å². The van der Waals surface area contributed by atoms with Crippen LogP contribution in [0.4, 0.5) is 5.13 Å². The maximum atomic E-state index is 8.78. The number of thiazole rings is 1. The zero-order valence-corrected chi connectivity index (χ0v) is 13.2. The first-order valence-corrected chi connectivity index (χ1v) is 7.49. The molecule has 98 valence electrons. The van der Waals surface area contributed by atoms with Gasteiger partial charge in [0.15, 0.2) is 5.13 Å². The summed E-state index contributed by atoms with van der Waals surface area (Å²) in [6.45, 7) is 5.12. The van der Waals surface area contributed by atoms with Crippen LogP contribution in [-0.4, -0.2) is 11.5 Å². The van der Waals surface area contributed by atoms with Crippen molar-refractivity contribution in [2.45, 2.75) is 19.3 Å². The maximum absolute atomic E-state index is 8.78. The van der Waals surface area contributed by atoms with Gasteiger partial charge in [-0.3, -0.25) is 0 Å². The fourth-order valence-corrected chi connectivity index (χ4v) is 3.24. The second-order valence-corrected chi connectivity index (χ2v) is 6.74. The summed E-state index contributed by atoms with van der Waals surface area (Å²) in [5.74, 6) is 0. The van der Waals surface area contributed by atoms with Gasteiger partial charge in [0.25, 0.3) is 0 Å². The van der Waals surface area contributed by atoms with Crippen LogP contribution in [0, 0.1) is 11.3 Å². The maximum Gasteiger partial charge on any atom is 0.183 e. The third-order valence-electron chi connectivity index (χ3n) is 2.90. The summed E-state index contributed by atoms with van der Waals surface area (Å²) < 4.78 is 1.11. The molecule has 0 radical (unpaired) electrons. The van der Waals surface area contributed by atoms with E-state index in [-0.39, 0.29) is 5.41 Å². The van der Waals surface area contributed by atoms with E-state index in [4.69, 9.17) is 5.26 Å². The van der Waals surface area contributed by atoms with Crippen molar-refractivity contribution in [1.82, 2.24) is 4.98 Å². The van der Waals surface area contributed by atoms with E-state index in [1.165, 1.54) is 16.9 Å². The number of benzene rings is 1. The third-order valence-corrected chi connectivity index (χ3v) is 4.45. The van der Waals surface area contributed by atoms with Crippen LogP contribution in [0.15, 0.2) is 34.9 Å². The van der Waals surface area contributed by atoms with Gasteiger partial charge in [-0.2, -0.15) is 5.26 Å². The number of nitrogens with zero attached hydrogens (tertiary/aromatic N) is 2. The zero-order valence-electron chi connectivity index (χ0n) is 10.8. The number of aromatic nitrogens is 1. The van der Waals surface area contributed by atoms with E-state index < -0.39 is 0 Å². The van der Waals surface area contributed by atoms with Crippen molar-refractivity contribution in [3.05, 3.63) is 45.4 Å². The minimum atomic E-state index is -0.0292. The van der Waals surface area contributed by atoms with Gasteiger partial charge in [-0.25, -0.2) is 4.98 Å². The summed E-state index contributed by atoms with van der Waals surface area (Å²) in [4.78, 5) is 4.81. The molecule has 0 unspecified atom stereocenters. The Labute approximate surface area is 125 Å². The van der Waals surface area contributed by atoms with Crippen LogP contribution in [0.5, 0.6) is 0 Å². The molecule has 0 aliphatic heterocycles. The fraction of sp³-hybridized carbons (Fsp3) is 0.286. The molecule has 0 aliphatic rings. The molecule has 0 saturated heterocycles. The van der Waals surface area contributed by atoms with Crippen molar-refractivity contribution in [2.24, 2.45) is 0 Å². The summed E-state index contributed by atoms with van der Waals surface area (Å²) >= 11 is 4.97. The van der Waals surface area contributed by atoms with Gasteiger partial charge in [0.2, 0.25) is 0 Å². The highest BCUT2D eigenvalue weighted by Gasteiger charge is 2.23. The van der Waals surface area contributed by atoms with Gasteiger partial charge < -0.3 is 5.32 Å². The van der Waals surface area contributed by atoms with E-state index in [2.05, 4.69) is 52.2 Å². The van der Waals surface area contributed by atoms with E-state index in [1.807, 2.05) is 18.2 Å². The van der Waals surface area contributed by atoms with Crippen LogP contribution in [0.25, 0.3) is 0 Å². The Morgan fingerprint density at radius 1 is 1.42 bits per heavy atom. The highest BCUT2D eigenvalue weighted by atomic mass is 79.9. The monoisotopic (exact) mass is 335 g/mol. The molecule has 1 N–H and O–H groups in total. The number of hydrogen-bond acceptors (Lipinski definition) is 4. The molecule has 2 rings (SSSR count). The van der Waals surface area contributed by atoms with Crippen molar-refractivity contribution >= 4 is 32.4 Å². The van der Waals surface area contributed by atoms with Crippen molar-refractivity contribution in [2.75, 3.05) is 11.9 Å². The van der Waals surface area contributed by atoms with Gasteiger partial charge in [-0.1, -0.05) is 59.3 Å². The molecule has 2 aromatic rings. The van der Waals surface area contributed by atoms with Gasteiger partial charge in [-0.05, 0) is 11.6 Å². The van der Waals surface area contributed by atoms with Crippen molar-refractivity contribution in [3.63, 3.8) is 0 Å². The average Bonchev–Trinajstić information content (AvgIpc) is 2.85. The Morgan fingerprint density at radius 2 is 2.16 bits per heavy atom. The lowest BCUT2D eigenvalue weighted by molar-refractivity contribution is 0.554. The highest BCUT2D eigenvalue weighted by molar-refractivity contribution is 9.10. The number of nitriles is 1. The number of anilines is 1. The summed E-state index contributed by atoms with van der Waals surface area (Å²) in [7, 11) is 0. The predicted octanol–water partition coefficient (Wildman–Crippen LogP) is 4.17. The first kappa shape index (κ1) is 14.0. The summed E-state index contributed by atoms with van der Waals surface area (Å²) in [5.41, 5.74) is 1.22. The van der Waals surface area contributed by atoms with Crippen LogP contribution in [-0.2, 0) is 5.41 Å². The smallest absolute Gasteiger partial charge is 0.183 e. The van der Waals surface area contributed by atoms with E-state index in [0.717, 1.165) is 16.1 Å². The molecular formula is C14H14BrN3S. The van der Waals surface area contributed by atoms with Crippen molar-refractivity contribution in [1.29, 1.82) is 5.26 Å². The van der Waals surface area contributed by atoms with Gasteiger partial charge in [0.1, 0.15) is 10.9 Å². The molecule has 0 aliphatic carbocycles. The lowest BCUT2D eigenvalue weighted by Crippen LogP contribution is -2.28. The largest absolute Gasteiger partial charge is 0.361 e. The van der Waals surface area contributed by atoms with Crippen molar-refractivity contribution < 1.29 is 0 Å². The van der Waals surface area contributed by atoms with Crippen LogP contribution in [0.1, 0.15) is 24.3 Å². The molecule has 19 heavy (non-hydrogen) atoms. The van der Waals surface area contributed by atoms with Gasteiger partial charge in [0.05, 0.1) is 6.20 Å². The van der Waals surface area contributed by atoms with Gasteiger partial charge in [0, 0.05) is 16.4 Å². The zero-order chi connectivity index (χ0) is 13.9. The molecule has 1 heterocycles. The van der Waals surface area contributed by atoms with Crippen LogP contribution in [0.2, 0.25) is 0 Å². The lowest BCUT2D eigenvalue weighted by Gasteiger charge is -2.26. The molecule has 0 atom stereocenters. The topological polar surface area (TPSA) is 48.7 Å². The van der Waals surface area contributed by atoms with Crippen LogP contribution >= 0.6 is 27.3 Å². The third kappa shape index (κ3) is 3.34. The first-order valence-electron chi connectivity index (χ1n) is 5.88. The first-order chi connectivity index (χ1) is 9.03. The molecule has 5 heteroatoms. The summed E-state index contributed by atoms with van der Waals surface area (Å²) in [6, 6.07) is 10.3. The quantitative estimate of drug-likeness (QED) is 0.912. The molecular weight excluding hydrogens is 322 g/mol. The molecule has 0 saturated carbocycles.